The zero-order valence-electron chi connectivity index (χ0n) is 8.25. The molecule has 3 unspecified atom stereocenters. The molecule has 13 heavy (non-hydrogen) atoms. The lowest BCUT2D eigenvalue weighted by Gasteiger charge is -2.34. The van der Waals surface area contributed by atoms with Crippen molar-refractivity contribution in [3.63, 3.8) is 0 Å². The van der Waals surface area contributed by atoms with E-state index >= 15 is 0 Å². The van der Waals surface area contributed by atoms with Gasteiger partial charge in [0.15, 0.2) is 0 Å². The Hall–Kier alpha value is -0.120. The molecule has 2 fully saturated rings. The Labute approximate surface area is 79.5 Å². The molecule has 3 heteroatoms. The predicted octanol–water partition coefficient (Wildman–Crippen LogP) is 0.383. The van der Waals surface area contributed by atoms with Gasteiger partial charge in [0, 0.05) is 32.2 Å². The van der Waals surface area contributed by atoms with Gasteiger partial charge >= 0.3 is 0 Å². The van der Waals surface area contributed by atoms with E-state index in [0.29, 0.717) is 11.8 Å². The minimum absolute atomic E-state index is 0.382. The van der Waals surface area contributed by atoms with Crippen LogP contribution in [0.5, 0.6) is 0 Å². The fraction of sp³-hybridized carbons (Fsp3) is 1.00. The van der Waals surface area contributed by atoms with Crippen LogP contribution in [0.1, 0.15) is 19.8 Å². The Morgan fingerprint density at radius 1 is 1.54 bits per heavy atom. The Morgan fingerprint density at radius 3 is 2.92 bits per heavy atom. The molecule has 0 bridgehead atoms. The summed E-state index contributed by atoms with van der Waals surface area (Å²) in [4.78, 5) is 0. The summed E-state index contributed by atoms with van der Waals surface area (Å²) in [6.07, 6.45) is 2.36. The van der Waals surface area contributed by atoms with E-state index in [0.717, 1.165) is 32.7 Å². The van der Waals surface area contributed by atoms with Gasteiger partial charge in [0.1, 0.15) is 0 Å². The number of β-amino-alcohol motifs (C(OH)–C–C–N with tert-alkyl or cyclic N) is 1. The van der Waals surface area contributed by atoms with Crippen LogP contribution < -0.4 is 5.32 Å². The van der Waals surface area contributed by atoms with Crippen LogP contribution in [-0.2, 0) is 4.74 Å². The van der Waals surface area contributed by atoms with E-state index in [2.05, 4.69) is 5.32 Å². The molecule has 2 heterocycles. The highest BCUT2D eigenvalue weighted by molar-refractivity contribution is 4.95. The Morgan fingerprint density at radius 2 is 2.38 bits per heavy atom. The maximum atomic E-state index is 10.1. The minimum atomic E-state index is -0.522. The minimum Gasteiger partial charge on any atom is -0.389 e. The van der Waals surface area contributed by atoms with Gasteiger partial charge in [-0.3, -0.25) is 0 Å². The molecule has 3 nitrogen and oxygen atoms in total. The second-order valence-corrected chi connectivity index (χ2v) is 4.57. The van der Waals surface area contributed by atoms with Crippen molar-refractivity contribution in [3.05, 3.63) is 0 Å². The van der Waals surface area contributed by atoms with E-state index in [1.54, 1.807) is 0 Å². The SMILES string of the molecule is CC1(O)CNCC1C1CCCOC1. The molecule has 0 radical (unpaired) electrons. The molecule has 2 N–H and O–H groups in total. The third-order valence-electron chi connectivity index (χ3n) is 3.41. The average Bonchev–Trinajstić information content (AvgIpc) is 2.47. The third kappa shape index (κ3) is 1.87. The summed E-state index contributed by atoms with van der Waals surface area (Å²) < 4.78 is 5.45. The Balaban J connectivity index is 1.98. The first-order chi connectivity index (χ1) is 6.20. The standard InChI is InChI=1S/C10H19NO2/c1-10(12)7-11-5-9(10)8-3-2-4-13-6-8/h8-9,11-12H,2-7H2,1H3. The van der Waals surface area contributed by atoms with E-state index < -0.39 is 5.60 Å². The summed E-state index contributed by atoms with van der Waals surface area (Å²) >= 11 is 0. The van der Waals surface area contributed by atoms with Gasteiger partial charge in [0.25, 0.3) is 0 Å². The van der Waals surface area contributed by atoms with Crippen molar-refractivity contribution in [2.45, 2.75) is 25.4 Å². The molecule has 0 aromatic heterocycles. The first-order valence-corrected chi connectivity index (χ1v) is 5.21. The summed E-state index contributed by atoms with van der Waals surface area (Å²) in [5.41, 5.74) is -0.522. The van der Waals surface area contributed by atoms with Crippen LogP contribution in [0.25, 0.3) is 0 Å². The van der Waals surface area contributed by atoms with Crippen molar-refractivity contribution >= 4 is 0 Å². The summed E-state index contributed by atoms with van der Waals surface area (Å²) in [5, 5.41) is 13.3. The highest BCUT2D eigenvalue weighted by Gasteiger charge is 2.41. The molecule has 2 aliphatic rings. The quantitative estimate of drug-likeness (QED) is 0.620. The number of hydrogen-bond donors (Lipinski definition) is 2. The predicted molar refractivity (Wildman–Crippen MR) is 50.5 cm³/mol. The van der Waals surface area contributed by atoms with Crippen molar-refractivity contribution in [3.8, 4) is 0 Å². The number of aliphatic hydroxyl groups is 1. The van der Waals surface area contributed by atoms with Crippen LogP contribution in [0.3, 0.4) is 0 Å². The monoisotopic (exact) mass is 185 g/mol. The van der Waals surface area contributed by atoms with E-state index in [1.807, 2.05) is 6.92 Å². The van der Waals surface area contributed by atoms with E-state index in [4.69, 9.17) is 4.74 Å². The van der Waals surface area contributed by atoms with E-state index in [-0.39, 0.29) is 0 Å². The molecule has 0 saturated carbocycles. The molecule has 2 rings (SSSR count). The van der Waals surface area contributed by atoms with E-state index in [9.17, 15) is 5.11 Å². The number of rotatable bonds is 1. The summed E-state index contributed by atoms with van der Waals surface area (Å²) in [5.74, 6) is 0.937. The summed E-state index contributed by atoms with van der Waals surface area (Å²) in [7, 11) is 0. The van der Waals surface area contributed by atoms with Gasteiger partial charge in [0.2, 0.25) is 0 Å². The smallest absolute Gasteiger partial charge is 0.0787 e. The molecule has 0 aliphatic carbocycles. The second-order valence-electron chi connectivity index (χ2n) is 4.57. The zero-order valence-corrected chi connectivity index (χ0v) is 8.25. The number of nitrogens with one attached hydrogen (secondary N) is 1. The van der Waals surface area contributed by atoms with Gasteiger partial charge in [-0.05, 0) is 25.7 Å². The van der Waals surface area contributed by atoms with Crippen molar-refractivity contribution in [1.82, 2.24) is 5.32 Å². The molecule has 2 aliphatic heterocycles. The van der Waals surface area contributed by atoms with Crippen LogP contribution in [0.15, 0.2) is 0 Å². The maximum Gasteiger partial charge on any atom is 0.0787 e. The van der Waals surface area contributed by atoms with Crippen LogP contribution in [0.2, 0.25) is 0 Å². The van der Waals surface area contributed by atoms with Crippen LogP contribution in [0, 0.1) is 11.8 Å². The molecular weight excluding hydrogens is 166 g/mol. The largest absolute Gasteiger partial charge is 0.389 e. The Kier molecular flexibility index (Phi) is 2.58. The van der Waals surface area contributed by atoms with Crippen LogP contribution >= 0.6 is 0 Å². The van der Waals surface area contributed by atoms with Gasteiger partial charge in [-0.2, -0.15) is 0 Å². The molecule has 0 aromatic carbocycles. The van der Waals surface area contributed by atoms with Gasteiger partial charge in [-0.15, -0.1) is 0 Å². The fourth-order valence-electron chi connectivity index (χ4n) is 2.59. The Bertz CT molecular complexity index is 176. The van der Waals surface area contributed by atoms with Crippen LogP contribution in [-0.4, -0.2) is 37.0 Å². The van der Waals surface area contributed by atoms with Crippen molar-refractivity contribution in [2.24, 2.45) is 11.8 Å². The number of hydrogen-bond acceptors (Lipinski definition) is 3. The molecule has 76 valence electrons. The molecule has 0 amide bonds. The lowest BCUT2D eigenvalue weighted by molar-refractivity contribution is -0.0368. The highest BCUT2D eigenvalue weighted by Crippen LogP contribution is 2.33. The van der Waals surface area contributed by atoms with Crippen molar-refractivity contribution in [2.75, 3.05) is 26.3 Å². The third-order valence-corrected chi connectivity index (χ3v) is 3.41. The first-order valence-electron chi connectivity index (χ1n) is 5.21. The zero-order chi connectivity index (χ0) is 9.31. The van der Waals surface area contributed by atoms with Gasteiger partial charge in [-0.25, -0.2) is 0 Å². The van der Waals surface area contributed by atoms with Gasteiger partial charge < -0.3 is 15.2 Å². The molecule has 0 aromatic rings. The van der Waals surface area contributed by atoms with Gasteiger partial charge in [-0.1, -0.05) is 0 Å². The lowest BCUT2D eigenvalue weighted by Crippen LogP contribution is -2.40. The molecule has 3 atom stereocenters. The highest BCUT2D eigenvalue weighted by atomic mass is 16.5. The van der Waals surface area contributed by atoms with Gasteiger partial charge in [0.05, 0.1) is 5.60 Å². The molecule has 0 spiro atoms. The number of ether oxygens (including phenoxy) is 1. The summed E-state index contributed by atoms with van der Waals surface area (Å²) in [6.45, 7) is 5.35. The molecular formula is C10H19NO2. The van der Waals surface area contributed by atoms with E-state index in [1.165, 1.54) is 6.42 Å². The topological polar surface area (TPSA) is 41.5 Å². The fourth-order valence-corrected chi connectivity index (χ4v) is 2.59. The maximum absolute atomic E-state index is 10.1. The normalized spacial score (nSPS) is 46.6. The lowest BCUT2D eigenvalue weighted by atomic mass is 9.79. The molecule has 2 saturated heterocycles. The van der Waals surface area contributed by atoms with Crippen molar-refractivity contribution < 1.29 is 9.84 Å². The van der Waals surface area contributed by atoms with Crippen LogP contribution in [0.4, 0.5) is 0 Å². The summed E-state index contributed by atoms with van der Waals surface area (Å²) in [6, 6.07) is 0. The second kappa shape index (κ2) is 3.56. The first kappa shape index (κ1) is 9.44. The average molecular weight is 185 g/mol. The van der Waals surface area contributed by atoms with Crippen molar-refractivity contribution in [1.29, 1.82) is 0 Å².